The molecule has 0 unspecified atom stereocenters. The molecule has 3 rings (SSSR count). The number of hydrogen-bond acceptors (Lipinski definition) is 3. The monoisotopic (exact) mass is 383 g/mol. The van der Waals surface area contributed by atoms with Gasteiger partial charge in [0.2, 0.25) is 0 Å². The maximum Gasteiger partial charge on any atom is 0.255 e. The molecule has 24 heavy (non-hydrogen) atoms. The van der Waals surface area contributed by atoms with Crippen molar-refractivity contribution in [2.45, 2.75) is 0 Å². The SMILES string of the molecule is Nc1cccc(Cl)c1N1CCN(C(=O)c2ccc(Cl)cc2Cl)CC1. The second-order valence-electron chi connectivity index (χ2n) is 5.58. The number of benzene rings is 2. The Morgan fingerprint density at radius 2 is 1.67 bits per heavy atom. The van der Waals surface area contributed by atoms with Crippen molar-refractivity contribution in [1.29, 1.82) is 0 Å². The highest BCUT2D eigenvalue weighted by atomic mass is 35.5. The van der Waals surface area contributed by atoms with Gasteiger partial charge in [-0.25, -0.2) is 0 Å². The molecular weight excluding hydrogens is 369 g/mol. The molecule has 1 fully saturated rings. The number of carbonyl (C=O) groups is 1. The number of anilines is 2. The van der Waals surface area contributed by atoms with Gasteiger partial charge >= 0.3 is 0 Å². The molecule has 0 atom stereocenters. The molecular formula is C17H16Cl3N3O. The van der Waals surface area contributed by atoms with Crippen molar-refractivity contribution >= 4 is 52.1 Å². The molecule has 126 valence electrons. The van der Waals surface area contributed by atoms with E-state index < -0.39 is 0 Å². The maximum absolute atomic E-state index is 12.6. The van der Waals surface area contributed by atoms with Crippen LogP contribution in [0, 0.1) is 0 Å². The first-order chi connectivity index (χ1) is 11.5. The van der Waals surface area contributed by atoms with Crippen LogP contribution in [-0.2, 0) is 0 Å². The van der Waals surface area contributed by atoms with Crippen molar-refractivity contribution in [2.24, 2.45) is 0 Å². The normalized spacial score (nSPS) is 14.8. The molecule has 1 heterocycles. The third kappa shape index (κ3) is 3.41. The molecule has 0 aliphatic carbocycles. The van der Waals surface area contributed by atoms with E-state index in [-0.39, 0.29) is 5.91 Å². The largest absolute Gasteiger partial charge is 0.397 e. The average Bonchev–Trinajstić information content (AvgIpc) is 2.55. The highest BCUT2D eigenvalue weighted by molar-refractivity contribution is 6.36. The molecule has 1 amide bonds. The van der Waals surface area contributed by atoms with Crippen LogP contribution in [0.15, 0.2) is 36.4 Å². The predicted octanol–water partition coefficient (Wildman–Crippen LogP) is 4.19. The van der Waals surface area contributed by atoms with E-state index in [1.807, 2.05) is 18.2 Å². The predicted molar refractivity (Wildman–Crippen MR) is 100 cm³/mol. The first kappa shape index (κ1) is 17.2. The minimum atomic E-state index is -0.0940. The van der Waals surface area contributed by atoms with Gasteiger partial charge in [0.15, 0.2) is 0 Å². The summed E-state index contributed by atoms with van der Waals surface area (Å²) in [7, 11) is 0. The first-order valence-corrected chi connectivity index (χ1v) is 8.64. The number of carbonyl (C=O) groups excluding carboxylic acids is 1. The van der Waals surface area contributed by atoms with Crippen LogP contribution >= 0.6 is 34.8 Å². The van der Waals surface area contributed by atoms with Gasteiger partial charge < -0.3 is 15.5 Å². The Morgan fingerprint density at radius 3 is 2.29 bits per heavy atom. The Morgan fingerprint density at radius 1 is 0.958 bits per heavy atom. The van der Waals surface area contributed by atoms with Crippen LogP contribution < -0.4 is 10.6 Å². The van der Waals surface area contributed by atoms with Crippen LogP contribution in [0.5, 0.6) is 0 Å². The summed E-state index contributed by atoms with van der Waals surface area (Å²) in [6.45, 7) is 2.46. The summed E-state index contributed by atoms with van der Waals surface area (Å²) in [6.07, 6.45) is 0. The lowest BCUT2D eigenvalue weighted by Crippen LogP contribution is -2.49. The zero-order valence-corrected chi connectivity index (χ0v) is 15.1. The third-order valence-electron chi connectivity index (χ3n) is 4.06. The standard InChI is InChI=1S/C17H16Cl3N3O/c18-11-4-5-12(14(20)10-11)17(24)23-8-6-22(7-9-23)16-13(19)2-1-3-15(16)21/h1-5,10H,6-9,21H2. The number of rotatable bonds is 2. The molecule has 0 bridgehead atoms. The highest BCUT2D eigenvalue weighted by Crippen LogP contribution is 2.32. The molecule has 0 saturated carbocycles. The molecule has 7 heteroatoms. The topological polar surface area (TPSA) is 49.6 Å². The lowest BCUT2D eigenvalue weighted by molar-refractivity contribution is 0.0747. The van der Waals surface area contributed by atoms with Gasteiger partial charge in [0, 0.05) is 31.2 Å². The van der Waals surface area contributed by atoms with Crippen LogP contribution in [0.2, 0.25) is 15.1 Å². The van der Waals surface area contributed by atoms with Crippen molar-refractivity contribution in [2.75, 3.05) is 36.8 Å². The van der Waals surface area contributed by atoms with Gasteiger partial charge in [-0.2, -0.15) is 0 Å². The molecule has 0 aromatic heterocycles. The van der Waals surface area contributed by atoms with Gasteiger partial charge in [0.1, 0.15) is 0 Å². The second kappa shape index (κ2) is 7.09. The van der Waals surface area contributed by atoms with Gasteiger partial charge in [0.05, 0.1) is 27.0 Å². The molecule has 1 aliphatic heterocycles. The second-order valence-corrected chi connectivity index (χ2v) is 6.83. The van der Waals surface area contributed by atoms with Crippen LogP contribution in [-0.4, -0.2) is 37.0 Å². The zero-order chi connectivity index (χ0) is 17.3. The molecule has 2 aromatic carbocycles. The van der Waals surface area contributed by atoms with Gasteiger partial charge in [-0.15, -0.1) is 0 Å². The summed E-state index contributed by atoms with van der Waals surface area (Å²) in [4.78, 5) is 16.5. The van der Waals surface area contributed by atoms with Crippen molar-refractivity contribution in [3.8, 4) is 0 Å². The Balaban J connectivity index is 1.72. The number of amides is 1. The number of nitrogen functional groups attached to an aromatic ring is 1. The van der Waals surface area contributed by atoms with E-state index in [0.29, 0.717) is 52.5 Å². The lowest BCUT2D eigenvalue weighted by atomic mass is 10.1. The van der Waals surface area contributed by atoms with Crippen LogP contribution in [0.3, 0.4) is 0 Å². The zero-order valence-electron chi connectivity index (χ0n) is 12.8. The number of nitrogens with zero attached hydrogens (tertiary/aromatic N) is 2. The number of hydrogen-bond donors (Lipinski definition) is 1. The van der Waals surface area contributed by atoms with E-state index in [1.165, 1.54) is 0 Å². The number of nitrogens with two attached hydrogens (primary N) is 1. The molecule has 0 radical (unpaired) electrons. The van der Waals surface area contributed by atoms with Crippen molar-refractivity contribution < 1.29 is 4.79 Å². The summed E-state index contributed by atoms with van der Waals surface area (Å²) >= 11 is 18.3. The van der Waals surface area contributed by atoms with Crippen molar-refractivity contribution in [1.82, 2.24) is 4.90 Å². The van der Waals surface area contributed by atoms with Gasteiger partial charge in [-0.3, -0.25) is 4.79 Å². The van der Waals surface area contributed by atoms with E-state index in [0.717, 1.165) is 5.69 Å². The van der Waals surface area contributed by atoms with Gasteiger partial charge in [-0.05, 0) is 30.3 Å². The summed E-state index contributed by atoms with van der Waals surface area (Å²) in [6, 6.07) is 10.4. The van der Waals surface area contributed by atoms with E-state index >= 15 is 0 Å². The van der Waals surface area contributed by atoms with Crippen molar-refractivity contribution in [3.05, 3.63) is 57.0 Å². The molecule has 2 N–H and O–H groups in total. The number of halogens is 3. The van der Waals surface area contributed by atoms with E-state index in [4.69, 9.17) is 40.5 Å². The van der Waals surface area contributed by atoms with Crippen molar-refractivity contribution in [3.63, 3.8) is 0 Å². The Labute approximate surface area is 155 Å². The first-order valence-electron chi connectivity index (χ1n) is 7.50. The Bertz CT molecular complexity index is 753. The molecule has 1 aliphatic rings. The van der Waals surface area contributed by atoms with Gasteiger partial charge in [-0.1, -0.05) is 40.9 Å². The van der Waals surface area contributed by atoms with E-state index in [1.54, 1.807) is 23.1 Å². The van der Waals surface area contributed by atoms with Crippen LogP contribution in [0.25, 0.3) is 0 Å². The lowest BCUT2D eigenvalue weighted by Gasteiger charge is -2.37. The number of para-hydroxylation sites is 1. The minimum Gasteiger partial charge on any atom is -0.397 e. The summed E-state index contributed by atoms with van der Waals surface area (Å²) in [5.74, 6) is -0.0940. The third-order valence-corrected chi connectivity index (χ3v) is 4.92. The fourth-order valence-corrected chi connectivity index (χ4v) is 3.62. The summed E-state index contributed by atoms with van der Waals surface area (Å²) in [5.41, 5.74) is 7.97. The molecule has 4 nitrogen and oxygen atoms in total. The molecule has 0 spiro atoms. The smallest absolute Gasteiger partial charge is 0.255 e. The fourth-order valence-electron chi connectivity index (χ4n) is 2.83. The van der Waals surface area contributed by atoms with E-state index in [2.05, 4.69) is 4.90 Å². The Kier molecular flexibility index (Phi) is 5.09. The quantitative estimate of drug-likeness (QED) is 0.790. The fraction of sp³-hybridized carbons (Fsp3) is 0.235. The maximum atomic E-state index is 12.6. The average molecular weight is 385 g/mol. The van der Waals surface area contributed by atoms with E-state index in [9.17, 15) is 4.79 Å². The molecule has 2 aromatic rings. The molecule has 1 saturated heterocycles. The number of piperazine rings is 1. The minimum absolute atomic E-state index is 0.0940. The summed E-state index contributed by atoms with van der Waals surface area (Å²) in [5, 5.41) is 1.50. The van der Waals surface area contributed by atoms with Crippen LogP contribution in [0.1, 0.15) is 10.4 Å². The Hall–Kier alpha value is -1.62. The summed E-state index contributed by atoms with van der Waals surface area (Å²) < 4.78 is 0. The van der Waals surface area contributed by atoms with Crippen LogP contribution in [0.4, 0.5) is 11.4 Å². The van der Waals surface area contributed by atoms with Gasteiger partial charge in [0.25, 0.3) is 5.91 Å². The highest BCUT2D eigenvalue weighted by Gasteiger charge is 2.25.